The maximum absolute atomic E-state index is 11.0. The van der Waals surface area contributed by atoms with Crippen molar-refractivity contribution in [3.63, 3.8) is 0 Å². The van der Waals surface area contributed by atoms with Crippen LogP contribution in [0, 0.1) is 11.3 Å². The number of methoxy groups -OCH3 is 1. The Morgan fingerprint density at radius 1 is 1.62 bits per heavy atom. The molecular formula is C11H11ClN2O2. The third-order valence-electron chi connectivity index (χ3n) is 1.97. The number of nitrogens with zero attached hydrogens (tertiary/aromatic N) is 1. The van der Waals surface area contributed by atoms with E-state index in [4.69, 9.17) is 21.6 Å². The number of benzene rings is 1. The van der Waals surface area contributed by atoms with Gasteiger partial charge < -0.3 is 10.1 Å². The first-order chi connectivity index (χ1) is 7.60. The number of ether oxygens (including phenoxy) is 1. The van der Waals surface area contributed by atoms with Gasteiger partial charge in [0, 0.05) is 24.6 Å². The number of anilines is 1. The molecule has 0 saturated heterocycles. The van der Waals surface area contributed by atoms with Crippen LogP contribution in [0.5, 0.6) is 0 Å². The molecule has 0 saturated carbocycles. The van der Waals surface area contributed by atoms with Gasteiger partial charge in [0.15, 0.2) is 0 Å². The van der Waals surface area contributed by atoms with E-state index in [1.165, 1.54) is 14.0 Å². The molecule has 0 unspecified atom stereocenters. The lowest BCUT2D eigenvalue weighted by Crippen LogP contribution is -2.10. The van der Waals surface area contributed by atoms with E-state index in [1.807, 2.05) is 6.07 Å². The predicted octanol–water partition coefficient (Wildman–Crippen LogP) is 2.32. The SMILES string of the molecule is COCc1c(Cl)ccc(C#N)c1NC(C)=O. The van der Waals surface area contributed by atoms with Crippen molar-refractivity contribution in [1.82, 2.24) is 0 Å². The molecule has 0 aliphatic carbocycles. The number of hydrogen-bond acceptors (Lipinski definition) is 3. The number of nitrogens with one attached hydrogen (secondary N) is 1. The maximum atomic E-state index is 11.0. The van der Waals surface area contributed by atoms with Gasteiger partial charge in [-0.2, -0.15) is 5.26 Å². The van der Waals surface area contributed by atoms with E-state index in [9.17, 15) is 4.79 Å². The molecule has 1 aromatic rings. The summed E-state index contributed by atoms with van der Waals surface area (Å²) in [6, 6.07) is 5.17. The van der Waals surface area contributed by atoms with Gasteiger partial charge in [0.05, 0.1) is 17.9 Å². The van der Waals surface area contributed by atoms with Crippen molar-refractivity contribution in [1.29, 1.82) is 5.26 Å². The van der Waals surface area contributed by atoms with Crippen LogP contribution < -0.4 is 5.32 Å². The Bertz CT molecular complexity index is 452. The van der Waals surface area contributed by atoms with Gasteiger partial charge in [-0.25, -0.2) is 0 Å². The quantitative estimate of drug-likeness (QED) is 0.879. The predicted molar refractivity (Wildman–Crippen MR) is 61.2 cm³/mol. The second-order valence-corrected chi connectivity index (χ2v) is 3.58. The van der Waals surface area contributed by atoms with Crippen molar-refractivity contribution < 1.29 is 9.53 Å². The zero-order valence-corrected chi connectivity index (χ0v) is 9.76. The smallest absolute Gasteiger partial charge is 0.221 e. The minimum atomic E-state index is -0.254. The molecule has 1 aromatic carbocycles. The van der Waals surface area contributed by atoms with Crippen molar-refractivity contribution in [2.24, 2.45) is 0 Å². The minimum absolute atomic E-state index is 0.240. The highest BCUT2D eigenvalue weighted by Gasteiger charge is 2.13. The normalized spacial score (nSPS) is 9.62. The van der Waals surface area contributed by atoms with Crippen LogP contribution in [0.25, 0.3) is 0 Å². The van der Waals surface area contributed by atoms with Gasteiger partial charge in [0.25, 0.3) is 0 Å². The highest BCUT2D eigenvalue weighted by atomic mass is 35.5. The molecule has 16 heavy (non-hydrogen) atoms. The van der Waals surface area contributed by atoms with Gasteiger partial charge in [0.1, 0.15) is 6.07 Å². The lowest BCUT2D eigenvalue weighted by molar-refractivity contribution is -0.114. The van der Waals surface area contributed by atoms with Gasteiger partial charge >= 0.3 is 0 Å². The van der Waals surface area contributed by atoms with Gasteiger partial charge in [0.2, 0.25) is 5.91 Å². The zero-order chi connectivity index (χ0) is 12.1. The summed E-state index contributed by atoms with van der Waals surface area (Å²) in [5, 5.41) is 12.0. The number of rotatable bonds is 3. The fourth-order valence-corrected chi connectivity index (χ4v) is 1.53. The highest BCUT2D eigenvalue weighted by Crippen LogP contribution is 2.28. The Hall–Kier alpha value is -1.57. The van der Waals surface area contributed by atoms with Gasteiger partial charge in [-0.3, -0.25) is 4.79 Å². The number of hydrogen-bond donors (Lipinski definition) is 1. The molecule has 5 heteroatoms. The molecule has 4 nitrogen and oxygen atoms in total. The number of carbonyl (C=O) groups excluding carboxylic acids is 1. The zero-order valence-electron chi connectivity index (χ0n) is 9.00. The molecule has 0 fully saturated rings. The lowest BCUT2D eigenvalue weighted by Gasteiger charge is -2.12. The molecule has 84 valence electrons. The Kier molecular flexibility index (Phi) is 4.29. The molecule has 0 spiro atoms. The van der Waals surface area contributed by atoms with Crippen LogP contribution in [0.1, 0.15) is 18.1 Å². The van der Waals surface area contributed by atoms with Crippen LogP contribution in [0.15, 0.2) is 12.1 Å². The second kappa shape index (κ2) is 5.50. The standard InChI is InChI=1S/C11H11ClN2O2/c1-7(15)14-11-8(5-13)3-4-10(12)9(11)6-16-2/h3-4H,6H2,1-2H3,(H,14,15). The van der Waals surface area contributed by atoms with E-state index >= 15 is 0 Å². The van der Waals surface area contributed by atoms with Crippen LogP contribution in [0.4, 0.5) is 5.69 Å². The van der Waals surface area contributed by atoms with Crippen molar-refractivity contribution in [3.05, 3.63) is 28.3 Å². The van der Waals surface area contributed by atoms with E-state index in [0.29, 0.717) is 21.8 Å². The third-order valence-corrected chi connectivity index (χ3v) is 2.32. The van der Waals surface area contributed by atoms with Crippen LogP contribution in [0.3, 0.4) is 0 Å². The average Bonchev–Trinajstić information content (AvgIpc) is 2.23. The molecule has 0 aliphatic heterocycles. The number of halogens is 1. The summed E-state index contributed by atoms with van der Waals surface area (Å²) in [6.45, 7) is 1.61. The second-order valence-electron chi connectivity index (χ2n) is 3.17. The van der Waals surface area contributed by atoms with Gasteiger partial charge in [-0.05, 0) is 12.1 Å². The summed E-state index contributed by atoms with van der Waals surface area (Å²) in [5.74, 6) is -0.254. The molecule has 0 radical (unpaired) electrons. The van der Waals surface area contributed by atoms with Crippen LogP contribution in [-0.2, 0) is 16.1 Å². The third kappa shape index (κ3) is 2.72. The summed E-state index contributed by atoms with van der Waals surface area (Å²) < 4.78 is 4.99. The van der Waals surface area contributed by atoms with Crippen molar-refractivity contribution in [2.45, 2.75) is 13.5 Å². The summed E-state index contributed by atoms with van der Waals surface area (Å²) in [6.07, 6.45) is 0. The fraction of sp³-hybridized carbons (Fsp3) is 0.273. The Morgan fingerprint density at radius 3 is 2.81 bits per heavy atom. The highest BCUT2D eigenvalue weighted by molar-refractivity contribution is 6.32. The number of nitriles is 1. The van der Waals surface area contributed by atoms with E-state index in [2.05, 4.69) is 5.32 Å². The van der Waals surface area contributed by atoms with E-state index in [-0.39, 0.29) is 12.5 Å². The Morgan fingerprint density at radius 2 is 2.31 bits per heavy atom. The van der Waals surface area contributed by atoms with Gasteiger partial charge in [-0.1, -0.05) is 11.6 Å². The first-order valence-electron chi connectivity index (χ1n) is 4.58. The lowest BCUT2D eigenvalue weighted by atomic mass is 10.1. The molecule has 0 bridgehead atoms. The fourth-order valence-electron chi connectivity index (χ4n) is 1.32. The Labute approximate surface area is 98.8 Å². The van der Waals surface area contributed by atoms with Crippen molar-refractivity contribution >= 4 is 23.2 Å². The Balaban J connectivity index is 3.31. The maximum Gasteiger partial charge on any atom is 0.221 e. The number of carbonyl (C=O) groups is 1. The molecule has 0 aromatic heterocycles. The first kappa shape index (κ1) is 12.5. The molecule has 0 aliphatic rings. The molecule has 0 atom stereocenters. The average molecular weight is 239 g/mol. The van der Waals surface area contributed by atoms with Crippen LogP contribution in [-0.4, -0.2) is 13.0 Å². The van der Waals surface area contributed by atoms with E-state index in [0.717, 1.165) is 0 Å². The summed E-state index contributed by atoms with van der Waals surface area (Å²) in [7, 11) is 1.52. The molecule has 1 amide bonds. The van der Waals surface area contributed by atoms with Crippen LogP contribution in [0.2, 0.25) is 5.02 Å². The van der Waals surface area contributed by atoms with Gasteiger partial charge in [-0.15, -0.1) is 0 Å². The van der Waals surface area contributed by atoms with Crippen LogP contribution >= 0.6 is 11.6 Å². The largest absolute Gasteiger partial charge is 0.380 e. The molecule has 1 N–H and O–H groups in total. The summed E-state index contributed by atoms with van der Waals surface area (Å²) in [5.41, 5.74) is 1.40. The minimum Gasteiger partial charge on any atom is -0.380 e. The molecule has 0 heterocycles. The van der Waals surface area contributed by atoms with Crippen molar-refractivity contribution in [3.8, 4) is 6.07 Å². The summed E-state index contributed by atoms with van der Waals surface area (Å²) >= 11 is 5.98. The van der Waals surface area contributed by atoms with E-state index < -0.39 is 0 Å². The molecule has 1 rings (SSSR count). The molecular weight excluding hydrogens is 228 g/mol. The van der Waals surface area contributed by atoms with E-state index in [1.54, 1.807) is 12.1 Å². The topological polar surface area (TPSA) is 62.1 Å². The number of amides is 1. The monoisotopic (exact) mass is 238 g/mol. The summed E-state index contributed by atoms with van der Waals surface area (Å²) in [4.78, 5) is 11.0. The first-order valence-corrected chi connectivity index (χ1v) is 4.96. The van der Waals surface area contributed by atoms with Crippen molar-refractivity contribution in [2.75, 3.05) is 12.4 Å².